The summed E-state index contributed by atoms with van der Waals surface area (Å²) in [6.45, 7) is 4.26. The van der Waals surface area contributed by atoms with E-state index in [-0.39, 0.29) is 6.04 Å². The fourth-order valence-corrected chi connectivity index (χ4v) is 3.66. The van der Waals surface area contributed by atoms with Crippen LogP contribution in [0.3, 0.4) is 0 Å². The largest absolute Gasteiger partial charge is 0.309 e. The van der Waals surface area contributed by atoms with E-state index in [4.69, 9.17) is 0 Å². The number of aryl methyl sites for hydroxylation is 2. The summed E-state index contributed by atoms with van der Waals surface area (Å²) < 4.78 is 1.22. The third kappa shape index (κ3) is 2.79. The molecule has 2 rings (SSSR count). The summed E-state index contributed by atoms with van der Waals surface area (Å²) in [7, 11) is 2.01. The molecule has 1 N–H and O–H groups in total. The highest BCUT2D eigenvalue weighted by atomic mass is 79.9. The van der Waals surface area contributed by atoms with Gasteiger partial charge in [-0.05, 0) is 54.0 Å². The SMILES string of the molecule is CNC(c1cccc(C)c1)c1cc(C)c(Br)s1. The highest BCUT2D eigenvalue weighted by Crippen LogP contribution is 2.34. The summed E-state index contributed by atoms with van der Waals surface area (Å²) in [6, 6.07) is 11.2. The van der Waals surface area contributed by atoms with Crippen LogP contribution in [0.2, 0.25) is 0 Å². The number of rotatable bonds is 3. The predicted octanol–water partition coefficient (Wildman–Crippen LogP) is 4.44. The minimum atomic E-state index is 0.282. The lowest BCUT2D eigenvalue weighted by molar-refractivity contribution is 0.703. The van der Waals surface area contributed by atoms with Crippen LogP contribution in [0.5, 0.6) is 0 Å². The molecule has 1 unspecified atom stereocenters. The molecular formula is C14H16BrNS. The number of nitrogens with one attached hydrogen (secondary N) is 1. The molecule has 0 aliphatic heterocycles. The van der Waals surface area contributed by atoms with Gasteiger partial charge in [0.15, 0.2) is 0 Å². The van der Waals surface area contributed by atoms with Crippen molar-refractivity contribution in [3.8, 4) is 0 Å². The zero-order valence-corrected chi connectivity index (χ0v) is 12.7. The molecule has 1 nitrogen and oxygen atoms in total. The molecule has 1 aromatic heterocycles. The van der Waals surface area contributed by atoms with Gasteiger partial charge in [-0.1, -0.05) is 29.8 Å². The topological polar surface area (TPSA) is 12.0 Å². The van der Waals surface area contributed by atoms with Crippen molar-refractivity contribution < 1.29 is 0 Å². The molecule has 17 heavy (non-hydrogen) atoms. The average Bonchev–Trinajstić information content (AvgIpc) is 2.60. The fourth-order valence-electron chi connectivity index (χ4n) is 1.95. The molecule has 90 valence electrons. The van der Waals surface area contributed by atoms with E-state index in [0.29, 0.717) is 0 Å². The Balaban J connectivity index is 2.39. The van der Waals surface area contributed by atoms with Crippen LogP contribution in [0, 0.1) is 13.8 Å². The molecule has 0 amide bonds. The lowest BCUT2D eigenvalue weighted by Crippen LogP contribution is -2.16. The first kappa shape index (κ1) is 12.8. The maximum Gasteiger partial charge on any atom is 0.0731 e. The Bertz CT molecular complexity index is 499. The van der Waals surface area contributed by atoms with Crippen molar-refractivity contribution in [1.82, 2.24) is 5.32 Å². The van der Waals surface area contributed by atoms with Crippen molar-refractivity contribution in [2.24, 2.45) is 0 Å². The monoisotopic (exact) mass is 309 g/mol. The number of hydrogen-bond acceptors (Lipinski definition) is 2. The van der Waals surface area contributed by atoms with Gasteiger partial charge in [-0.3, -0.25) is 0 Å². The first-order chi connectivity index (χ1) is 8.11. The Morgan fingerprint density at radius 2 is 2.00 bits per heavy atom. The van der Waals surface area contributed by atoms with Crippen molar-refractivity contribution in [2.75, 3.05) is 7.05 Å². The lowest BCUT2D eigenvalue weighted by Gasteiger charge is -2.15. The van der Waals surface area contributed by atoms with Gasteiger partial charge in [-0.2, -0.15) is 0 Å². The Hall–Kier alpha value is -0.640. The van der Waals surface area contributed by atoms with Gasteiger partial charge >= 0.3 is 0 Å². The summed E-state index contributed by atoms with van der Waals surface area (Å²) in [5.74, 6) is 0. The molecule has 0 radical (unpaired) electrons. The molecule has 0 fully saturated rings. The molecule has 1 atom stereocenters. The Kier molecular flexibility index (Phi) is 4.02. The van der Waals surface area contributed by atoms with Crippen molar-refractivity contribution in [2.45, 2.75) is 19.9 Å². The van der Waals surface area contributed by atoms with E-state index in [0.717, 1.165) is 0 Å². The number of thiophene rings is 1. The van der Waals surface area contributed by atoms with Gasteiger partial charge in [0.25, 0.3) is 0 Å². The number of hydrogen-bond donors (Lipinski definition) is 1. The molecule has 1 aromatic carbocycles. The van der Waals surface area contributed by atoms with Gasteiger partial charge in [0.1, 0.15) is 0 Å². The fraction of sp³-hybridized carbons (Fsp3) is 0.286. The normalized spacial score (nSPS) is 12.7. The second-order valence-electron chi connectivity index (χ2n) is 4.24. The number of halogens is 1. The van der Waals surface area contributed by atoms with E-state index in [1.54, 1.807) is 11.3 Å². The second-order valence-corrected chi connectivity index (χ2v) is 6.64. The maximum atomic E-state index is 3.59. The van der Waals surface area contributed by atoms with Crippen LogP contribution in [0.1, 0.15) is 27.6 Å². The quantitative estimate of drug-likeness (QED) is 0.884. The highest BCUT2D eigenvalue weighted by molar-refractivity contribution is 9.11. The third-order valence-electron chi connectivity index (χ3n) is 2.82. The molecule has 0 saturated carbocycles. The Morgan fingerprint density at radius 3 is 2.53 bits per heavy atom. The van der Waals surface area contributed by atoms with Gasteiger partial charge in [-0.15, -0.1) is 11.3 Å². The van der Waals surface area contributed by atoms with Crippen LogP contribution >= 0.6 is 27.3 Å². The summed E-state index contributed by atoms with van der Waals surface area (Å²) >= 11 is 5.39. The third-order valence-corrected chi connectivity index (χ3v) is 5.03. The second kappa shape index (κ2) is 5.34. The first-order valence-corrected chi connectivity index (χ1v) is 7.22. The Labute approximate surface area is 115 Å². The van der Waals surface area contributed by atoms with Crippen molar-refractivity contribution in [3.05, 3.63) is 55.7 Å². The minimum Gasteiger partial charge on any atom is -0.309 e. The van der Waals surface area contributed by atoms with E-state index in [1.165, 1.54) is 25.4 Å². The molecule has 1 heterocycles. The van der Waals surface area contributed by atoms with Crippen LogP contribution in [0.15, 0.2) is 34.1 Å². The van der Waals surface area contributed by atoms with Crippen molar-refractivity contribution >= 4 is 27.3 Å². The van der Waals surface area contributed by atoms with Crippen LogP contribution in [0.4, 0.5) is 0 Å². The summed E-state index contributed by atoms with van der Waals surface area (Å²) in [5, 5.41) is 3.39. The van der Waals surface area contributed by atoms with E-state index in [2.05, 4.69) is 65.4 Å². The van der Waals surface area contributed by atoms with E-state index >= 15 is 0 Å². The minimum absolute atomic E-state index is 0.282. The zero-order chi connectivity index (χ0) is 12.4. The summed E-state index contributed by atoms with van der Waals surface area (Å²) in [5.41, 5.74) is 3.93. The van der Waals surface area contributed by atoms with Gasteiger partial charge < -0.3 is 5.32 Å². The van der Waals surface area contributed by atoms with Crippen LogP contribution in [-0.2, 0) is 0 Å². The average molecular weight is 310 g/mol. The lowest BCUT2D eigenvalue weighted by atomic mass is 10.0. The van der Waals surface area contributed by atoms with Gasteiger partial charge in [-0.25, -0.2) is 0 Å². The van der Waals surface area contributed by atoms with Crippen molar-refractivity contribution in [3.63, 3.8) is 0 Å². The van der Waals surface area contributed by atoms with Gasteiger partial charge in [0, 0.05) is 4.88 Å². The standard InChI is InChI=1S/C14H16BrNS/c1-9-5-4-6-11(7-9)13(16-3)12-8-10(2)14(15)17-12/h4-8,13,16H,1-3H3. The van der Waals surface area contributed by atoms with Crippen LogP contribution in [0.25, 0.3) is 0 Å². The predicted molar refractivity (Wildman–Crippen MR) is 78.8 cm³/mol. The van der Waals surface area contributed by atoms with Crippen molar-refractivity contribution in [1.29, 1.82) is 0 Å². The number of benzene rings is 1. The molecule has 0 aliphatic carbocycles. The van der Waals surface area contributed by atoms with Gasteiger partial charge in [0.05, 0.1) is 9.83 Å². The van der Waals surface area contributed by atoms with E-state index < -0.39 is 0 Å². The molecule has 2 aromatic rings. The molecule has 0 bridgehead atoms. The van der Waals surface area contributed by atoms with E-state index in [1.807, 2.05) is 7.05 Å². The molecule has 3 heteroatoms. The van der Waals surface area contributed by atoms with Crippen LogP contribution < -0.4 is 5.32 Å². The zero-order valence-electron chi connectivity index (χ0n) is 10.3. The Morgan fingerprint density at radius 1 is 1.24 bits per heavy atom. The maximum absolute atomic E-state index is 3.59. The van der Waals surface area contributed by atoms with E-state index in [9.17, 15) is 0 Å². The molecule has 0 spiro atoms. The smallest absolute Gasteiger partial charge is 0.0731 e. The van der Waals surface area contributed by atoms with Gasteiger partial charge in [0.2, 0.25) is 0 Å². The van der Waals surface area contributed by atoms with Crippen LogP contribution in [-0.4, -0.2) is 7.05 Å². The molecular weight excluding hydrogens is 294 g/mol. The first-order valence-electron chi connectivity index (χ1n) is 5.61. The summed E-state index contributed by atoms with van der Waals surface area (Å²) in [4.78, 5) is 1.35. The highest BCUT2D eigenvalue weighted by Gasteiger charge is 2.15. The molecule has 0 saturated heterocycles. The molecule has 0 aliphatic rings. The summed E-state index contributed by atoms with van der Waals surface area (Å²) in [6.07, 6.45) is 0.